The summed E-state index contributed by atoms with van der Waals surface area (Å²) >= 11 is 2.22. The van der Waals surface area contributed by atoms with Gasteiger partial charge in [-0.15, -0.1) is 0 Å². The Bertz CT molecular complexity index is 228. The number of aryl methyl sites for hydroxylation is 1. The van der Waals surface area contributed by atoms with Crippen molar-refractivity contribution in [2.75, 3.05) is 0 Å². The van der Waals surface area contributed by atoms with Crippen LogP contribution in [0.15, 0.2) is 6.20 Å². The first-order chi connectivity index (χ1) is 4.52. The van der Waals surface area contributed by atoms with E-state index in [0.29, 0.717) is 5.69 Å². The Morgan fingerprint density at radius 2 is 2.30 bits per heavy atom. The molecule has 0 saturated heterocycles. The average Bonchev–Trinajstić information content (AvgIpc) is 2.11. The minimum atomic E-state index is -2.97. The van der Waals surface area contributed by atoms with Gasteiger partial charge in [0.05, 0.1) is 11.3 Å². The quantitative estimate of drug-likeness (QED) is 0.708. The second-order valence-electron chi connectivity index (χ2n) is 1.88. The highest BCUT2D eigenvalue weighted by molar-refractivity contribution is 9.09. The van der Waals surface area contributed by atoms with Crippen molar-refractivity contribution in [3.8, 4) is 0 Å². The van der Waals surface area contributed by atoms with E-state index < -0.39 is 4.83 Å². The highest BCUT2D eigenvalue weighted by Gasteiger charge is 2.30. The highest BCUT2D eigenvalue weighted by atomic mass is 79.9. The Morgan fingerprint density at radius 1 is 1.70 bits per heavy atom. The molecule has 0 aliphatic heterocycles. The van der Waals surface area contributed by atoms with E-state index in [-0.39, 0.29) is 5.56 Å². The van der Waals surface area contributed by atoms with Crippen LogP contribution in [0.3, 0.4) is 0 Å². The van der Waals surface area contributed by atoms with Crippen LogP contribution in [0.5, 0.6) is 0 Å². The second-order valence-corrected chi connectivity index (χ2v) is 2.88. The summed E-state index contributed by atoms with van der Waals surface area (Å²) in [6, 6.07) is 0. The maximum absolute atomic E-state index is 12.4. The van der Waals surface area contributed by atoms with Crippen molar-refractivity contribution >= 4 is 15.9 Å². The zero-order valence-corrected chi connectivity index (χ0v) is 6.74. The lowest BCUT2D eigenvalue weighted by Gasteiger charge is -2.04. The molecule has 1 aromatic rings. The Kier molecular flexibility index (Phi) is 1.76. The van der Waals surface area contributed by atoms with Crippen LogP contribution in [0, 0.1) is 6.92 Å². The number of hydrogen-bond acceptors (Lipinski definition) is 1. The summed E-state index contributed by atoms with van der Waals surface area (Å²) in [6.07, 6.45) is 1.17. The van der Waals surface area contributed by atoms with E-state index in [0.717, 1.165) is 0 Å². The minimum absolute atomic E-state index is 0.118. The van der Waals surface area contributed by atoms with Gasteiger partial charge in [-0.2, -0.15) is 13.9 Å². The predicted octanol–water partition coefficient (Wildman–Crippen LogP) is 2.16. The van der Waals surface area contributed by atoms with Crippen LogP contribution in [0.25, 0.3) is 0 Å². The normalized spacial score (nSPS) is 12.0. The summed E-state index contributed by atoms with van der Waals surface area (Å²) < 4.78 is 24.8. The van der Waals surface area contributed by atoms with Crippen molar-refractivity contribution in [3.05, 3.63) is 17.5 Å². The van der Waals surface area contributed by atoms with Crippen LogP contribution in [0.1, 0.15) is 11.3 Å². The van der Waals surface area contributed by atoms with Crippen LogP contribution < -0.4 is 0 Å². The zero-order chi connectivity index (χ0) is 7.78. The van der Waals surface area contributed by atoms with E-state index in [2.05, 4.69) is 26.1 Å². The molecule has 0 radical (unpaired) electrons. The smallest absolute Gasteiger partial charge is 0.285 e. The maximum Gasteiger partial charge on any atom is 0.329 e. The SMILES string of the molecule is Cc1n[nH]cc1C(F)(F)Br. The molecular weight excluding hydrogens is 206 g/mol. The van der Waals surface area contributed by atoms with Crippen molar-refractivity contribution in [1.29, 1.82) is 0 Å². The molecule has 1 heterocycles. The molecule has 0 bridgehead atoms. The molecule has 1 aromatic heterocycles. The fourth-order valence-electron chi connectivity index (χ4n) is 0.645. The molecule has 1 rings (SSSR count). The summed E-state index contributed by atoms with van der Waals surface area (Å²) in [5.41, 5.74) is 0.189. The van der Waals surface area contributed by atoms with E-state index in [1.54, 1.807) is 0 Å². The third kappa shape index (κ3) is 1.34. The number of rotatable bonds is 1. The van der Waals surface area contributed by atoms with E-state index in [9.17, 15) is 8.78 Å². The minimum Gasteiger partial charge on any atom is -0.285 e. The van der Waals surface area contributed by atoms with Gasteiger partial charge in [-0.1, -0.05) is 0 Å². The fourth-order valence-corrected chi connectivity index (χ4v) is 1.05. The van der Waals surface area contributed by atoms with Gasteiger partial charge in [-0.05, 0) is 22.9 Å². The van der Waals surface area contributed by atoms with Crippen molar-refractivity contribution < 1.29 is 8.78 Å². The van der Waals surface area contributed by atoms with Gasteiger partial charge in [0, 0.05) is 6.20 Å². The van der Waals surface area contributed by atoms with Gasteiger partial charge in [-0.3, -0.25) is 5.10 Å². The molecule has 0 fully saturated rings. The number of H-pyrrole nitrogens is 1. The summed E-state index contributed by atoms with van der Waals surface area (Å²) in [4.78, 5) is -2.97. The lowest BCUT2D eigenvalue weighted by molar-refractivity contribution is 0.114. The lowest BCUT2D eigenvalue weighted by Crippen LogP contribution is -2.02. The number of hydrogen-bond donors (Lipinski definition) is 1. The highest BCUT2D eigenvalue weighted by Crippen LogP contribution is 2.35. The van der Waals surface area contributed by atoms with Crippen LogP contribution in [-0.2, 0) is 4.83 Å². The van der Waals surface area contributed by atoms with Gasteiger partial charge in [0.1, 0.15) is 0 Å². The number of nitrogens with one attached hydrogen (secondary N) is 1. The van der Waals surface area contributed by atoms with Crippen molar-refractivity contribution in [3.63, 3.8) is 0 Å². The zero-order valence-electron chi connectivity index (χ0n) is 5.16. The van der Waals surface area contributed by atoms with E-state index in [1.807, 2.05) is 0 Å². The van der Waals surface area contributed by atoms with Gasteiger partial charge in [0.15, 0.2) is 0 Å². The molecule has 0 aromatic carbocycles. The molecular formula is C5H5BrF2N2. The van der Waals surface area contributed by atoms with Crippen LogP contribution >= 0.6 is 15.9 Å². The predicted molar refractivity (Wildman–Crippen MR) is 36.1 cm³/mol. The molecule has 0 atom stereocenters. The standard InChI is InChI=1S/C5H5BrF2N2/c1-3-4(2-9-10-3)5(6,7)8/h2H,1H3,(H,9,10). The molecule has 10 heavy (non-hydrogen) atoms. The molecule has 0 aliphatic rings. The number of aromatic amines is 1. The van der Waals surface area contributed by atoms with Crippen LogP contribution in [0.4, 0.5) is 8.78 Å². The fraction of sp³-hybridized carbons (Fsp3) is 0.400. The monoisotopic (exact) mass is 210 g/mol. The van der Waals surface area contributed by atoms with Gasteiger partial charge in [0.25, 0.3) is 0 Å². The molecule has 0 amide bonds. The second kappa shape index (κ2) is 2.30. The molecule has 5 heteroatoms. The summed E-state index contributed by atoms with van der Waals surface area (Å²) in [6.45, 7) is 1.51. The largest absolute Gasteiger partial charge is 0.329 e. The first-order valence-corrected chi connectivity index (χ1v) is 3.38. The first kappa shape index (κ1) is 7.65. The Balaban J connectivity index is 3.05. The molecule has 56 valence electrons. The molecule has 0 spiro atoms. The van der Waals surface area contributed by atoms with Crippen molar-refractivity contribution in [2.45, 2.75) is 11.8 Å². The Hall–Kier alpha value is -0.450. The van der Waals surface area contributed by atoms with Crippen LogP contribution in [-0.4, -0.2) is 10.2 Å². The number of aromatic nitrogens is 2. The average molecular weight is 211 g/mol. The third-order valence-electron chi connectivity index (χ3n) is 1.14. The maximum atomic E-state index is 12.4. The van der Waals surface area contributed by atoms with E-state index >= 15 is 0 Å². The third-order valence-corrected chi connectivity index (χ3v) is 1.56. The molecule has 0 saturated carbocycles. The van der Waals surface area contributed by atoms with Crippen molar-refractivity contribution in [2.24, 2.45) is 0 Å². The molecule has 1 N–H and O–H groups in total. The van der Waals surface area contributed by atoms with Crippen molar-refractivity contribution in [1.82, 2.24) is 10.2 Å². The number of halogens is 3. The van der Waals surface area contributed by atoms with Gasteiger partial charge in [0.2, 0.25) is 0 Å². The Labute approximate surface area is 64.8 Å². The lowest BCUT2D eigenvalue weighted by atomic mass is 10.3. The van der Waals surface area contributed by atoms with Gasteiger partial charge in [-0.25, -0.2) is 0 Å². The van der Waals surface area contributed by atoms with E-state index in [4.69, 9.17) is 0 Å². The van der Waals surface area contributed by atoms with E-state index in [1.165, 1.54) is 13.1 Å². The molecule has 2 nitrogen and oxygen atoms in total. The summed E-state index contributed by atoms with van der Waals surface area (Å²) in [5, 5.41) is 5.89. The Morgan fingerprint density at radius 3 is 2.50 bits per heavy atom. The molecule has 0 unspecified atom stereocenters. The molecule has 0 aliphatic carbocycles. The summed E-state index contributed by atoms with van der Waals surface area (Å²) in [5.74, 6) is 0. The summed E-state index contributed by atoms with van der Waals surface area (Å²) in [7, 11) is 0. The number of nitrogens with zero attached hydrogens (tertiary/aromatic N) is 1. The van der Waals surface area contributed by atoms with Gasteiger partial charge >= 0.3 is 4.83 Å². The first-order valence-electron chi connectivity index (χ1n) is 2.59. The van der Waals surface area contributed by atoms with Gasteiger partial charge < -0.3 is 0 Å². The topological polar surface area (TPSA) is 28.7 Å². The van der Waals surface area contributed by atoms with Crippen LogP contribution in [0.2, 0.25) is 0 Å². The number of alkyl halides is 3.